The predicted molar refractivity (Wildman–Crippen MR) is 98.0 cm³/mol. The first-order chi connectivity index (χ1) is 12.2. The summed E-state index contributed by atoms with van der Waals surface area (Å²) in [5.74, 6) is 0.551. The number of aryl methyl sites for hydroxylation is 2. The van der Waals surface area contributed by atoms with Crippen LogP contribution in [-0.2, 0) is 12.8 Å². The van der Waals surface area contributed by atoms with Crippen LogP contribution in [0.1, 0.15) is 36.5 Å². The number of halogens is 1. The van der Waals surface area contributed by atoms with Crippen molar-refractivity contribution >= 4 is 10.9 Å². The second kappa shape index (κ2) is 6.63. The Hall–Kier alpha value is -2.75. The number of hydrogen-bond donors (Lipinski definition) is 1. The van der Waals surface area contributed by atoms with Gasteiger partial charge in [0, 0.05) is 23.7 Å². The van der Waals surface area contributed by atoms with Gasteiger partial charge in [0.1, 0.15) is 11.7 Å². The van der Waals surface area contributed by atoms with Gasteiger partial charge in [-0.2, -0.15) is 0 Å². The molecule has 1 aliphatic carbocycles. The third kappa shape index (κ3) is 3.25. The van der Waals surface area contributed by atoms with Crippen LogP contribution in [0.4, 0.5) is 4.39 Å². The molecule has 2 heterocycles. The standard InChI is InChI=1S/C21H20FN3/c1-14-5-4-7-17(21(14)22)19-13-23-20(25-19)12-11-16-10-9-15-6-2-3-8-18(15)24-16/h2-6,8-10,13,17H,7,11-12H2,1H3,(H,23,25). The molecule has 126 valence electrons. The molecular weight excluding hydrogens is 313 g/mol. The van der Waals surface area contributed by atoms with Crippen molar-refractivity contribution in [2.24, 2.45) is 0 Å². The first-order valence-electron chi connectivity index (χ1n) is 8.62. The number of imidazole rings is 1. The van der Waals surface area contributed by atoms with Crippen molar-refractivity contribution in [1.82, 2.24) is 15.0 Å². The molecule has 1 aliphatic rings. The second-order valence-corrected chi connectivity index (χ2v) is 6.49. The molecule has 0 fully saturated rings. The van der Waals surface area contributed by atoms with E-state index >= 15 is 0 Å². The highest BCUT2D eigenvalue weighted by atomic mass is 19.1. The molecule has 2 aromatic heterocycles. The third-order valence-electron chi connectivity index (χ3n) is 4.70. The first-order valence-corrected chi connectivity index (χ1v) is 8.62. The van der Waals surface area contributed by atoms with Gasteiger partial charge in [-0.15, -0.1) is 0 Å². The van der Waals surface area contributed by atoms with Crippen molar-refractivity contribution in [3.8, 4) is 0 Å². The van der Waals surface area contributed by atoms with Crippen LogP contribution in [-0.4, -0.2) is 15.0 Å². The molecule has 4 rings (SSSR count). The van der Waals surface area contributed by atoms with E-state index in [0.717, 1.165) is 41.0 Å². The minimum Gasteiger partial charge on any atom is -0.348 e. The van der Waals surface area contributed by atoms with Crippen molar-refractivity contribution in [3.05, 3.63) is 83.4 Å². The molecule has 3 nitrogen and oxygen atoms in total. The maximum Gasteiger partial charge on any atom is 0.112 e. The van der Waals surface area contributed by atoms with Gasteiger partial charge in [0.25, 0.3) is 0 Å². The van der Waals surface area contributed by atoms with Crippen molar-refractivity contribution in [2.45, 2.75) is 32.1 Å². The fourth-order valence-corrected chi connectivity index (χ4v) is 3.27. The second-order valence-electron chi connectivity index (χ2n) is 6.49. The highest BCUT2D eigenvalue weighted by Crippen LogP contribution is 2.34. The number of fused-ring (bicyclic) bond motifs is 1. The van der Waals surface area contributed by atoms with Gasteiger partial charge in [0.05, 0.1) is 17.1 Å². The van der Waals surface area contributed by atoms with Gasteiger partial charge >= 0.3 is 0 Å². The number of allylic oxidation sites excluding steroid dienone is 4. The fourth-order valence-electron chi connectivity index (χ4n) is 3.27. The Balaban J connectivity index is 1.47. The van der Waals surface area contributed by atoms with Gasteiger partial charge in [-0.3, -0.25) is 4.98 Å². The Morgan fingerprint density at radius 2 is 2.00 bits per heavy atom. The largest absolute Gasteiger partial charge is 0.348 e. The van der Waals surface area contributed by atoms with E-state index in [1.54, 1.807) is 6.92 Å². The molecule has 0 bridgehead atoms. The monoisotopic (exact) mass is 333 g/mol. The lowest BCUT2D eigenvalue weighted by atomic mass is 9.93. The minimum absolute atomic E-state index is 0.0725. The molecule has 0 spiro atoms. The number of nitrogens with one attached hydrogen (secondary N) is 1. The number of hydrogen-bond acceptors (Lipinski definition) is 2. The summed E-state index contributed by atoms with van der Waals surface area (Å²) in [5.41, 5.74) is 3.53. The van der Waals surface area contributed by atoms with Gasteiger partial charge in [-0.25, -0.2) is 9.37 Å². The number of nitrogens with zero attached hydrogens (tertiary/aromatic N) is 2. The zero-order valence-electron chi connectivity index (χ0n) is 14.2. The van der Waals surface area contributed by atoms with Crippen LogP contribution in [0, 0.1) is 0 Å². The van der Waals surface area contributed by atoms with E-state index in [1.165, 1.54) is 0 Å². The summed E-state index contributed by atoms with van der Waals surface area (Å²) in [6.45, 7) is 1.80. The number of benzene rings is 1. The van der Waals surface area contributed by atoms with E-state index in [1.807, 2.05) is 36.5 Å². The number of aromatic nitrogens is 3. The van der Waals surface area contributed by atoms with Crippen LogP contribution >= 0.6 is 0 Å². The highest BCUT2D eigenvalue weighted by Gasteiger charge is 2.22. The van der Waals surface area contributed by atoms with Crippen molar-refractivity contribution in [1.29, 1.82) is 0 Å². The van der Waals surface area contributed by atoms with Crippen LogP contribution in [0.3, 0.4) is 0 Å². The minimum atomic E-state index is -0.256. The Morgan fingerprint density at radius 3 is 2.92 bits per heavy atom. The topological polar surface area (TPSA) is 41.6 Å². The summed E-state index contributed by atoms with van der Waals surface area (Å²) in [6.07, 6.45) is 7.92. The Kier molecular flexibility index (Phi) is 4.18. The zero-order chi connectivity index (χ0) is 17.2. The Morgan fingerprint density at radius 1 is 1.12 bits per heavy atom. The molecule has 1 unspecified atom stereocenters. The molecule has 3 aromatic rings. The lowest BCUT2D eigenvalue weighted by molar-refractivity contribution is 0.526. The van der Waals surface area contributed by atoms with E-state index in [4.69, 9.17) is 4.98 Å². The highest BCUT2D eigenvalue weighted by molar-refractivity contribution is 5.78. The predicted octanol–water partition coefficient (Wildman–Crippen LogP) is 5.03. The third-order valence-corrected chi connectivity index (χ3v) is 4.70. The van der Waals surface area contributed by atoms with Gasteiger partial charge < -0.3 is 4.98 Å². The van der Waals surface area contributed by atoms with Crippen molar-refractivity contribution in [2.75, 3.05) is 0 Å². The lowest BCUT2D eigenvalue weighted by Gasteiger charge is -2.15. The number of H-pyrrole nitrogens is 1. The average molecular weight is 333 g/mol. The lowest BCUT2D eigenvalue weighted by Crippen LogP contribution is -2.04. The quantitative estimate of drug-likeness (QED) is 0.727. The molecule has 0 saturated carbocycles. The van der Waals surface area contributed by atoms with E-state index < -0.39 is 0 Å². The smallest absolute Gasteiger partial charge is 0.112 e. The van der Waals surface area contributed by atoms with Crippen LogP contribution in [0.15, 0.2) is 66.1 Å². The maximum absolute atomic E-state index is 14.3. The van der Waals surface area contributed by atoms with Crippen LogP contribution in [0.5, 0.6) is 0 Å². The molecule has 1 atom stereocenters. The summed E-state index contributed by atoms with van der Waals surface area (Å²) in [7, 11) is 0. The van der Waals surface area contributed by atoms with Crippen molar-refractivity contribution < 1.29 is 4.39 Å². The molecule has 1 aromatic carbocycles. The Labute approximate surface area is 146 Å². The van der Waals surface area contributed by atoms with Crippen LogP contribution in [0.2, 0.25) is 0 Å². The summed E-state index contributed by atoms with van der Waals surface area (Å²) < 4.78 is 14.3. The number of para-hydroxylation sites is 1. The summed E-state index contributed by atoms with van der Waals surface area (Å²) >= 11 is 0. The SMILES string of the molecule is CC1=C(F)C(c2c[nH]c(CCc3ccc4ccccc4n3)n2)CC=C1. The van der Waals surface area contributed by atoms with E-state index in [2.05, 4.69) is 28.2 Å². The first kappa shape index (κ1) is 15.8. The molecule has 4 heteroatoms. The van der Waals surface area contributed by atoms with Crippen molar-refractivity contribution in [3.63, 3.8) is 0 Å². The number of rotatable bonds is 4. The fraction of sp³-hybridized carbons (Fsp3) is 0.238. The number of pyridine rings is 1. The molecule has 0 aliphatic heterocycles. The van der Waals surface area contributed by atoms with E-state index in [0.29, 0.717) is 12.0 Å². The number of aromatic amines is 1. The van der Waals surface area contributed by atoms with Crippen LogP contribution < -0.4 is 0 Å². The van der Waals surface area contributed by atoms with Gasteiger partial charge in [-0.05, 0) is 37.5 Å². The molecule has 0 saturated heterocycles. The Bertz CT molecular complexity index is 968. The molecule has 0 radical (unpaired) electrons. The average Bonchev–Trinajstić information content (AvgIpc) is 3.11. The van der Waals surface area contributed by atoms with E-state index in [9.17, 15) is 4.39 Å². The molecule has 0 amide bonds. The summed E-state index contributed by atoms with van der Waals surface area (Å²) in [5, 5.41) is 1.15. The summed E-state index contributed by atoms with van der Waals surface area (Å²) in [6, 6.07) is 12.3. The van der Waals surface area contributed by atoms with Gasteiger partial charge in [-0.1, -0.05) is 36.4 Å². The van der Waals surface area contributed by atoms with Gasteiger partial charge in [0.15, 0.2) is 0 Å². The summed E-state index contributed by atoms with van der Waals surface area (Å²) in [4.78, 5) is 12.5. The molecular formula is C21H20FN3. The van der Waals surface area contributed by atoms with E-state index in [-0.39, 0.29) is 11.7 Å². The maximum atomic E-state index is 14.3. The molecule has 25 heavy (non-hydrogen) atoms. The van der Waals surface area contributed by atoms with Gasteiger partial charge in [0.2, 0.25) is 0 Å². The normalized spacial score (nSPS) is 17.4. The molecule has 1 N–H and O–H groups in total. The zero-order valence-corrected chi connectivity index (χ0v) is 14.2. The van der Waals surface area contributed by atoms with Crippen LogP contribution in [0.25, 0.3) is 10.9 Å².